The fourth-order valence-corrected chi connectivity index (χ4v) is 1.80. The number of carbonyl (C=O) groups excluding carboxylic acids is 1. The van der Waals surface area contributed by atoms with Crippen molar-refractivity contribution in [3.8, 4) is 11.5 Å². The monoisotopic (exact) mass is 285 g/mol. The fraction of sp³-hybridized carbons (Fsp3) is 0.500. The van der Waals surface area contributed by atoms with Gasteiger partial charge in [-0.05, 0) is 25.5 Å². The van der Waals surface area contributed by atoms with Crippen LogP contribution < -0.4 is 14.8 Å². The van der Waals surface area contributed by atoms with Crippen molar-refractivity contribution in [3.05, 3.63) is 23.8 Å². The van der Waals surface area contributed by atoms with Gasteiger partial charge in [0.2, 0.25) is 0 Å². The summed E-state index contributed by atoms with van der Waals surface area (Å²) >= 11 is 5.90. The number of alkyl halides is 1. The molecule has 106 valence electrons. The second-order valence-corrected chi connectivity index (χ2v) is 4.84. The third kappa shape index (κ3) is 3.77. The lowest BCUT2D eigenvalue weighted by Gasteiger charge is -2.27. The van der Waals surface area contributed by atoms with E-state index in [9.17, 15) is 4.79 Å². The van der Waals surface area contributed by atoms with Crippen molar-refractivity contribution in [3.63, 3.8) is 0 Å². The zero-order chi connectivity index (χ0) is 14.5. The van der Waals surface area contributed by atoms with E-state index in [1.165, 1.54) is 7.11 Å². The van der Waals surface area contributed by atoms with Crippen molar-refractivity contribution in [2.45, 2.75) is 25.8 Å². The summed E-state index contributed by atoms with van der Waals surface area (Å²) in [7, 11) is 3.09. The Hall–Kier alpha value is -1.42. The van der Waals surface area contributed by atoms with Crippen LogP contribution in [0.5, 0.6) is 11.5 Å². The number of hydrogen-bond donors (Lipinski definition) is 1. The van der Waals surface area contributed by atoms with Gasteiger partial charge in [-0.25, -0.2) is 0 Å². The van der Waals surface area contributed by atoms with Crippen LogP contribution in [0.2, 0.25) is 0 Å². The highest BCUT2D eigenvalue weighted by atomic mass is 35.5. The molecule has 1 rings (SSSR count). The highest BCUT2D eigenvalue weighted by molar-refractivity contribution is 6.18. The average Bonchev–Trinajstić information content (AvgIpc) is 2.46. The average molecular weight is 286 g/mol. The summed E-state index contributed by atoms with van der Waals surface area (Å²) in [4.78, 5) is 12.3. The number of amides is 1. The summed E-state index contributed by atoms with van der Waals surface area (Å²) in [6.07, 6.45) is 0.751. The van der Waals surface area contributed by atoms with Crippen molar-refractivity contribution >= 4 is 17.5 Å². The lowest BCUT2D eigenvalue weighted by Crippen LogP contribution is -2.47. The lowest BCUT2D eigenvalue weighted by atomic mass is 10.0. The van der Waals surface area contributed by atoms with E-state index in [4.69, 9.17) is 21.1 Å². The third-order valence-corrected chi connectivity index (χ3v) is 3.73. The smallest absolute Gasteiger partial charge is 0.255 e. The molecule has 1 aromatic rings. The molecule has 0 spiro atoms. The molecule has 0 saturated carbocycles. The molecule has 0 saturated heterocycles. The molecule has 1 atom stereocenters. The Kier molecular flexibility index (Phi) is 5.48. The van der Waals surface area contributed by atoms with E-state index in [1.807, 2.05) is 13.8 Å². The summed E-state index contributed by atoms with van der Waals surface area (Å²) in [6.45, 7) is 3.89. The maximum absolute atomic E-state index is 12.3. The van der Waals surface area contributed by atoms with Crippen LogP contribution in [0.3, 0.4) is 0 Å². The summed E-state index contributed by atoms with van der Waals surface area (Å²) < 4.78 is 10.3. The number of rotatable bonds is 6. The number of hydrogen-bond acceptors (Lipinski definition) is 3. The molecule has 1 amide bonds. The molecule has 19 heavy (non-hydrogen) atoms. The summed E-state index contributed by atoms with van der Waals surface area (Å²) in [5, 5.41) is 2.93. The van der Waals surface area contributed by atoms with Crippen LogP contribution in [-0.4, -0.2) is 31.5 Å². The molecular formula is C14H20ClNO3. The van der Waals surface area contributed by atoms with Crippen molar-refractivity contribution < 1.29 is 14.3 Å². The molecule has 0 aromatic heterocycles. The number of carbonyl (C=O) groups is 1. The Morgan fingerprint density at radius 3 is 2.53 bits per heavy atom. The van der Waals surface area contributed by atoms with E-state index in [0.29, 0.717) is 22.9 Å². The molecule has 4 nitrogen and oxygen atoms in total. The molecule has 1 N–H and O–H groups in total. The van der Waals surface area contributed by atoms with Crippen LogP contribution in [0.15, 0.2) is 18.2 Å². The van der Waals surface area contributed by atoms with Crippen LogP contribution in [0, 0.1) is 0 Å². The molecule has 0 heterocycles. The van der Waals surface area contributed by atoms with E-state index in [-0.39, 0.29) is 5.91 Å². The van der Waals surface area contributed by atoms with Gasteiger partial charge in [-0.15, -0.1) is 11.6 Å². The van der Waals surface area contributed by atoms with E-state index in [1.54, 1.807) is 25.3 Å². The quantitative estimate of drug-likeness (QED) is 0.818. The molecule has 0 aliphatic rings. The van der Waals surface area contributed by atoms with Gasteiger partial charge in [0.25, 0.3) is 5.91 Å². The normalized spacial score (nSPS) is 13.5. The Labute approximate surface area is 119 Å². The highest BCUT2D eigenvalue weighted by Crippen LogP contribution is 2.25. The number of ether oxygens (including phenoxy) is 2. The summed E-state index contributed by atoms with van der Waals surface area (Å²) in [6, 6.07) is 5.08. The zero-order valence-electron chi connectivity index (χ0n) is 11.7. The Bertz CT molecular complexity index is 444. The topological polar surface area (TPSA) is 47.6 Å². The largest absolute Gasteiger partial charge is 0.497 e. The van der Waals surface area contributed by atoms with E-state index in [0.717, 1.165) is 6.42 Å². The van der Waals surface area contributed by atoms with Gasteiger partial charge in [-0.1, -0.05) is 6.92 Å². The number of benzene rings is 1. The zero-order valence-corrected chi connectivity index (χ0v) is 12.5. The van der Waals surface area contributed by atoms with Crippen molar-refractivity contribution in [1.29, 1.82) is 0 Å². The first-order chi connectivity index (χ1) is 8.99. The SMILES string of the molecule is CCC(C)(CCl)NC(=O)c1ccc(OC)cc1OC. The van der Waals surface area contributed by atoms with Gasteiger partial charge in [0.15, 0.2) is 0 Å². The van der Waals surface area contributed by atoms with Crippen LogP contribution in [-0.2, 0) is 0 Å². The Morgan fingerprint density at radius 1 is 1.37 bits per heavy atom. The highest BCUT2D eigenvalue weighted by Gasteiger charge is 2.25. The molecule has 0 fully saturated rings. The van der Waals surface area contributed by atoms with Gasteiger partial charge >= 0.3 is 0 Å². The first-order valence-electron chi connectivity index (χ1n) is 6.10. The molecular weight excluding hydrogens is 266 g/mol. The minimum absolute atomic E-state index is 0.204. The molecule has 1 aromatic carbocycles. The van der Waals surface area contributed by atoms with Gasteiger partial charge in [-0.3, -0.25) is 4.79 Å². The number of methoxy groups -OCH3 is 2. The summed E-state index contributed by atoms with van der Waals surface area (Å²) in [5.74, 6) is 1.27. The predicted molar refractivity (Wildman–Crippen MR) is 76.4 cm³/mol. The minimum atomic E-state index is -0.427. The van der Waals surface area contributed by atoms with Gasteiger partial charge in [-0.2, -0.15) is 0 Å². The maximum atomic E-state index is 12.3. The van der Waals surface area contributed by atoms with Crippen LogP contribution >= 0.6 is 11.6 Å². The summed E-state index contributed by atoms with van der Waals surface area (Å²) in [5.41, 5.74) is 0.0388. The molecule has 0 radical (unpaired) electrons. The van der Waals surface area contributed by atoms with E-state index in [2.05, 4.69) is 5.32 Å². The maximum Gasteiger partial charge on any atom is 0.255 e. The lowest BCUT2D eigenvalue weighted by molar-refractivity contribution is 0.0909. The number of halogens is 1. The van der Waals surface area contributed by atoms with Crippen molar-refractivity contribution in [1.82, 2.24) is 5.32 Å². The van der Waals surface area contributed by atoms with Crippen LogP contribution in [0.4, 0.5) is 0 Å². The van der Waals surface area contributed by atoms with Crippen molar-refractivity contribution in [2.75, 3.05) is 20.1 Å². The minimum Gasteiger partial charge on any atom is -0.497 e. The van der Waals surface area contributed by atoms with Gasteiger partial charge in [0, 0.05) is 11.9 Å². The first-order valence-corrected chi connectivity index (χ1v) is 6.63. The van der Waals surface area contributed by atoms with Gasteiger partial charge in [0.05, 0.1) is 25.3 Å². The predicted octanol–water partition coefficient (Wildman–Crippen LogP) is 2.84. The van der Waals surface area contributed by atoms with Crippen molar-refractivity contribution in [2.24, 2.45) is 0 Å². The fourth-order valence-electron chi connectivity index (χ4n) is 1.54. The second-order valence-electron chi connectivity index (χ2n) is 4.57. The molecule has 0 aliphatic carbocycles. The second kappa shape index (κ2) is 6.66. The molecule has 1 unspecified atom stereocenters. The molecule has 5 heteroatoms. The van der Waals surface area contributed by atoms with E-state index < -0.39 is 5.54 Å². The molecule has 0 bridgehead atoms. The first kappa shape index (κ1) is 15.6. The standard InChI is InChI=1S/C14H20ClNO3/c1-5-14(2,9-15)16-13(17)11-7-6-10(18-3)8-12(11)19-4/h6-8H,5,9H2,1-4H3,(H,16,17). The van der Waals surface area contributed by atoms with Gasteiger partial charge < -0.3 is 14.8 Å². The van der Waals surface area contributed by atoms with E-state index >= 15 is 0 Å². The van der Waals surface area contributed by atoms with Crippen LogP contribution in [0.25, 0.3) is 0 Å². The number of nitrogens with one attached hydrogen (secondary N) is 1. The third-order valence-electron chi connectivity index (χ3n) is 3.14. The van der Waals surface area contributed by atoms with Crippen LogP contribution in [0.1, 0.15) is 30.6 Å². The van der Waals surface area contributed by atoms with Gasteiger partial charge in [0.1, 0.15) is 11.5 Å². The Morgan fingerprint density at radius 2 is 2.05 bits per heavy atom. The Balaban J connectivity index is 2.99. The molecule has 0 aliphatic heterocycles.